The van der Waals surface area contributed by atoms with Gasteiger partial charge in [-0.3, -0.25) is 4.79 Å². The summed E-state index contributed by atoms with van der Waals surface area (Å²) in [5.74, 6) is -0.149. The van der Waals surface area contributed by atoms with Gasteiger partial charge in [-0.1, -0.05) is 11.6 Å². The van der Waals surface area contributed by atoms with Gasteiger partial charge in [0.15, 0.2) is 0 Å². The molecular formula is C20H26N2O6. The molecule has 28 heavy (non-hydrogen) atoms. The molecule has 0 unspecified atom stereocenters. The Morgan fingerprint density at radius 3 is 2.57 bits per heavy atom. The molecule has 0 spiro atoms. The second-order valence-corrected chi connectivity index (χ2v) is 6.48. The highest BCUT2D eigenvalue weighted by molar-refractivity contribution is 6.05. The Bertz CT molecular complexity index is 829. The first-order chi connectivity index (χ1) is 13.3. The standard InChI is InChI=1S/C20H26N2O6/c1-11(7-9-15(23)26-4)6-8-13-17(22-20(25)21-3)16-14(10-28-19(16)24)12(2)18(13)27-5/h6H,7-10H2,1-5H3,(H2,21,22,25). The van der Waals surface area contributed by atoms with E-state index in [1.165, 1.54) is 14.2 Å². The van der Waals surface area contributed by atoms with Crippen LogP contribution in [0.5, 0.6) is 5.75 Å². The average molecular weight is 390 g/mol. The van der Waals surface area contributed by atoms with Crippen molar-refractivity contribution in [2.75, 3.05) is 26.6 Å². The van der Waals surface area contributed by atoms with E-state index < -0.39 is 12.0 Å². The summed E-state index contributed by atoms with van der Waals surface area (Å²) >= 11 is 0. The summed E-state index contributed by atoms with van der Waals surface area (Å²) in [5.41, 5.74) is 3.93. The molecule has 1 aliphatic rings. The number of methoxy groups -OCH3 is 2. The van der Waals surface area contributed by atoms with Crippen LogP contribution < -0.4 is 15.4 Å². The van der Waals surface area contributed by atoms with E-state index >= 15 is 0 Å². The Morgan fingerprint density at radius 1 is 1.25 bits per heavy atom. The minimum Gasteiger partial charge on any atom is -0.496 e. The van der Waals surface area contributed by atoms with E-state index in [1.807, 2.05) is 19.9 Å². The maximum Gasteiger partial charge on any atom is 0.341 e. The van der Waals surface area contributed by atoms with Gasteiger partial charge in [0.05, 0.1) is 25.5 Å². The molecule has 0 bridgehead atoms. The van der Waals surface area contributed by atoms with Crippen molar-refractivity contribution < 1.29 is 28.6 Å². The first-order valence-corrected chi connectivity index (χ1v) is 8.94. The van der Waals surface area contributed by atoms with Gasteiger partial charge in [-0.25, -0.2) is 9.59 Å². The summed E-state index contributed by atoms with van der Waals surface area (Å²) in [6, 6.07) is -0.444. The lowest BCUT2D eigenvalue weighted by atomic mass is 9.93. The van der Waals surface area contributed by atoms with Crippen LogP contribution in [0.4, 0.5) is 10.5 Å². The average Bonchev–Trinajstić information content (AvgIpc) is 3.08. The zero-order chi connectivity index (χ0) is 20.8. The van der Waals surface area contributed by atoms with Crippen molar-refractivity contribution in [3.05, 3.63) is 33.9 Å². The van der Waals surface area contributed by atoms with Crippen molar-refractivity contribution in [2.45, 2.75) is 39.7 Å². The van der Waals surface area contributed by atoms with Crippen molar-refractivity contribution in [2.24, 2.45) is 0 Å². The lowest BCUT2D eigenvalue weighted by molar-refractivity contribution is -0.140. The fourth-order valence-corrected chi connectivity index (χ4v) is 3.15. The molecule has 0 atom stereocenters. The highest BCUT2D eigenvalue weighted by Gasteiger charge is 2.32. The van der Waals surface area contributed by atoms with Gasteiger partial charge in [-0.2, -0.15) is 0 Å². The van der Waals surface area contributed by atoms with Crippen molar-refractivity contribution in [3.8, 4) is 5.75 Å². The predicted octanol–water partition coefficient (Wildman–Crippen LogP) is 2.87. The molecule has 152 valence electrons. The van der Waals surface area contributed by atoms with E-state index in [0.717, 1.165) is 11.1 Å². The van der Waals surface area contributed by atoms with Gasteiger partial charge in [-0.15, -0.1) is 0 Å². The van der Waals surface area contributed by atoms with Crippen LogP contribution >= 0.6 is 0 Å². The molecule has 8 heteroatoms. The number of allylic oxidation sites excluding steroid dienone is 2. The summed E-state index contributed by atoms with van der Waals surface area (Å²) in [4.78, 5) is 35.6. The number of anilines is 1. The van der Waals surface area contributed by atoms with Crippen LogP contribution in [-0.4, -0.2) is 39.2 Å². The van der Waals surface area contributed by atoms with Crippen molar-refractivity contribution in [1.82, 2.24) is 5.32 Å². The summed E-state index contributed by atoms with van der Waals surface area (Å²) in [6.07, 6.45) is 3.20. The Hall–Kier alpha value is -3.03. The van der Waals surface area contributed by atoms with E-state index in [0.29, 0.717) is 41.0 Å². The number of ether oxygens (including phenoxy) is 3. The van der Waals surface area contributed by atoms with Crippen LogP contribution in [0, 0.1) is 6.92 Å². The number of carbonyl (C=O) groups excluding carboxylic acids is 3. The summed E-state index contributed by atoms with van der Waals surface area (Å²) in [5, 5.41) is 5.23. The van der Waals surface area contributed by atoms with Crippen LogP contribution in [0.15, 0.2) is 11.6 Å². The van der Waals surface area contributed by atoms with E-state index in [4.69, 9.17) is 9.47 Å². The Morgan fingerprint density at radius 2 is 1.96 bits per heavy atom. The molecule has 0 saturated heterocycles. The third kappa shape index (κ3) is 4.44. The maximum atomic E-state index is 12.3. The number of rotatable bonds is 7. The number of benzene rings is 1. The fourth-order valence-electron chi connectivity index (χ4n) is 3.15. The van der Waals surface area contributed by atoms with Crippen LogP contribution in [-0.2, 0) is 27.3 Å². The van der Waals surface area contributed by atoms with E-state index in [2.05, 4.69) is 15.4 Å². The van der Waals surface area contributed by atoms with E-state index in [9.17, 15) is 14.4 Å². The van der Waals surface area contributed by atoms with Gasteiger partial charge in [0.25, 0.3) is 0 Å². The first-order valence-electron chi connectivity index (χ1n) is 8.94. The fraction of sp³-hybridized carbons (Fsp3) is 0.450. The molecule has 0 fully saturated rings. The summed E-state index contributed by atoms with van der Waals surface area (Å²) in [7, 11) is 4.40. The topological polar surface area (TPSA) is 103 Å². The van der Waals surface area contributed by atoms with Gasteiger partial charge in [-0.05, 0) is 32.3 Å². The zero-order valence-electron chi connectivity index (χ0n) is 16.9. The second-order valence-electron chi connectivity index (χ2n) is 6.48. The summed E-state index contributed by atoms with van der Waals surface area (Å²) < 4.78 is 15.4. The van der Waals surface area contributed by atoms with Crippen LogP contribution in [0.25, 0.3) is 0 Å². The van der Waals surface area contributed by atoms with Gasteiger partial charge in [0, 0.05) is 24.6 Å². The minimum atomic E-state index is -0.472. The second kappa shape index (κ2) is 9.25. The Kier molecular flexibility index (Phi) is 7.03. The minimum absolute atomic E-state index is 0.146. The van der Waals surface area contributed by atoms with Crippen LogP contribution in [0.2, 0.25) is 0 Å². The number of carbonyl (C=O) groups is 3. The highest BCUT2D eigenvalue weighted by Crippen LogP contribution is 2.41. The monoisotopic (exact) mass is 390 g/mol. The SMILES string of the molecule is CNC(=O)Nc1c(CC=C(C)CCC(=O)OC)c(OC)c(C)c2c1C(=O)OC2. The molecule has 0 aromatic heterocycles. The van der Waals surface area contributed by atoms with Crippen LogP contribution in [0.1, 0.15) is 46.8 Å². The third-order valence-corrected chi connectivity index (χ3v) is 4.75. The molecule has 2 rings (SSSR count). The quantitative estimate of drug-likeness (QED) is 0.548. The number of hydrogen-bond acceptors (Lipinski definition) is 6. The molecule has 1 aliphatic heterocycles. The number of urea groups is 1. The summed E-state index contributed by atoms with van der Waals surface area (Å²) in [6.45, 7) is 3.92. The van der Waals surface area contributed by atoms with Crippen molar-refractivity contribution >= 4 is 23.7 Å². The molecule has 0 radical (unpaired) electrons. The molecule has 0 saturated carbocycles. The maximum absolute atomic E-state index is 12.3. The number of fused-ring (bicyclic) bond motifs is 1. The Labute approximate surface area is 164 Å². The number of amides is 2. The smallest absolute Gasteiger partial charge is 0.341 e. The molecule has 1 aromatic carbocycles. The lowest BCUT2D eigenvalue weighted by Gasteiger charge is -2.19. The van der Waals surface area contributed by atoms with E-state index in [-0.39, 0.29) is 19.0 Å². The third-order valence-electron chi connectivity index (χ3n) is 4.75. The molecule has 2 amide bonds. The van der Waals surface area contributed by atoms with Gasteiger partial charge < -0.3 is 24.8 Å². The zero-order valence-corrected chi connectivity index (χ0v) is 16.9. The van der Waals surface area contributed by atoms with Crippen molar-refractivity contribution in [1.29, 1.82) is 0 Å². The Balaban J connectivity index is 2.47. The predicted molar refractivity (Wildman–Crippen MR) is 104 cm³/mol. The lowest BCUT2D eigenvalue weighted by Crippen LogP contribution is -2.26. The first kappa shape index (κ1) is 21.3. The van der Waals surface area contributed by atoms with Crippen LogP contribution in [0.3, 0.4) is 0 Å². The highest BCUT2D eigenvalue weighted by atomic mass is 16.5. The number of hydrogen-bond donors (Lipinski definition) is 2. The molecule has 1 heterocycles. The largest absolute Gasteiger partial charge is 0.496 e. The van der Waals surface area contributed by atoms with Gasteiger partial charge in [0.2, 0.25) is 0 Å². The van der Waals surface area contributed by atoms with Gasteiger partial charge >= 0.3 is 18.0 Å². The molecule has 1 aromatic rings. The number of cyclic esters (lactones) is 1. The van der Waals surface area contributed by atoms with Gasteiger partial charge in [0.1, 0.15) is 12.4 Å². The number of esters is 2. The normalized spacial score (nSPS) is 12.9. The number of nitrogens with one attached hydrogen (secondary N) is 2. The van der Waals surface area contributed by atoms with E-state index in [1.54, 1.807) is 7.11 Å². The van der Waals surface area contributed by atoms with Crippen molar-refractivity contribution in [3.63, 3.8) is 0 Å². The molecular weight excluding hydrogens is 364 g/mol. The molecule has 2 N–H and O–H groups in total. The molecule has 8 nitrogen and oxygen atoms in total. The molecule has 0 aliphatic carbocycles.